The molecule has 1 aliphatic heterocycles. The first kappa shape index (κ1) is 22.7. The van der Waals surface area contributed by atoms with Gasteiger partial charge in [0.15, 0.2) is 22.8 Å². The minimum atomic E-state index is -4.73. The van der Waals surface area contributed by atoms with Crippen molar-refractivity contribution in [3.8, 4) is 22.8 Å². The first-order valence-corrected chi connectivity index (χ1v) is 10.9. The first-order valence-electron chi connectivity index (χ1n) is 10.9. The molecular weight excluding hydrogens is 461 g/mol. The molecule has 35 heavy (non-hydrogen) atoms. The number of ether oxygens (including phenoxy) is 2. The third-order valence-electron chi connectivity index (χ3n) is 6.03. The summed E-state index contributed by atoms with van der Waals surface area (Å²) >= 11 is 0. The summed E-state index contributed by atoms with van der Waals surface area (Å²) < 4.78 is 53.2. The summed E-state index contributed by atoms with van der Waals surface area (Å²) in [5.41, 5.74) is 0.948. The van der Waals surface area contributed by atoms with Crippen LogP contribution < -0.4 is 14.4 Å². The molecule has 7 nitrogen and oxygen atoms in total. The predicted octanol–water partition coefficient (Wildman–Crippen LogP) is 5.03. The number of methoxy groups -OCH3 is 2. The van der Waals surface area contributed by atoms with Gasteiger partial charge in [-0.2, -0.15) is 18.3 Å². The van der Waals surface area contributed by atoms with Gasteiger partial charge in [0, 0.05) is 17.8 Å². The second kappa shape index (κ2) is 8.61. The normalized spacial score (nSPS) is 13.6. The van der Waals surface area contributed by atoms with Crippen LogP contribution in [0.15, 0.2) is 54.7 Å². The van der Waals surface area contributed by atoms with E-state index >= 15 is 0 Å². The summed E-state index contributed by atoms with van der Waals surface area (Å²) in [5, 5.41) is 3.89. The van der Waals surface area contributed by atoms with Gasteiger partial charge in [-0.3, -0.25) is 4.79 Å². The molecule has 2 aromatic heterocycles. The van der Waals surface area contributed by atoms with Crippen LogP contribution in [-0.4, -0.2) is 41.3 Å². The van der Waals surface area contributed by atoms with Gasteiger partial charge in [-0.25, -0.2) is 9.50 Å². The number of hydrogen-bond acceptors (Lipinski definition) is 5. The van der Waals surface area contributed by atoms with Crippen molar-refractivity contribution in [3.63, 3.8) is 0 Å². The molecule has 3 heterocycles. The van der Waals surface area contributed by atoms with E-state index in [-0.39, 0.29) is 16.9 Å². The number of carbonyl (C=O) groups excluding carboxylic acids is 1. The average molecular weight is 482 g/mol. The molecule has 0 saturated carbocycles. The minimum Gasteiger partial charge on any atom is -0.493 e. The molecule has 1 amide bonds. The number of rotatable bonds is 4. The maximum atomic E-state index is 14.0. The van der Waals surface area contributed by atoms with Crippen molar-refractivity contribution in [1.82, 2.24) is 14.6 Å². The number of nitrogens with zero attached hydrogens (tertiary/aromatic N) is 4. The summed E-state index contributed by atoms with van der Waals surface area (Å²) in [5.74, 6) is 0.324. The van der Waals surface area contributed by atoms with Gasteiger partial charge in [-0.15, -0.1) is 0 Å². The van der Waals surface area contributed by atoms with Crippen molar-refractivity contribution >= 4 is 17.2 Å². The van der Waals surface area contributed by atoms with Crippen molar-refractivity contribution in [1.29, 1.82) is 0 Å². The molecule has 0 N–H and O–H groups in total. The highest BCUT2D eigenvalue weighted by Crippen LogP contribution is 2.36. The Labute approximate surface area is 198 Å². The van der Waals surface area contributed by atoms with Crippen LogP contribution in [0.4, 0.5) is 18.9 Å². The number of carbonyl (C=O) groups is 1. The molecule has 5 rings (SSSR count). The molecule has 1 aliphatic rings. The van der Waals surface area contributed by atoms with Crippen LogP contribution in [0.3, 0.4) is 0 Å². The molecule has 10 heteroatoms. The van der Waals surface area contributed by atoms with Gasteiger partial charge in [0.25, 0.3) is 5.91 Å². The topological polar surface area (TPSA) is 69.0 Å². The van der Waals surface area contributed by atoms with Gasteiger partial charge in [-0.05, 0) is 48.7 Å². The monoisotopic (exact) mass is 482 g/mol. The fourth-order valence-corrected chi connectivity index (χ4v) is 4.35. The molecule has 180 valence electrons. The highest BCUT2D eigenvalue weighted by molar-refractivity contribution is 6.10. The maximum Gasteiger partial charge on any atom is 0.433 e. The smallest absolute Gasteiger partial charge is 0.433 e. The van der Waals surface area contributed by atoms with Gasteiger partial charge in [0.2, 0.25) is 0 Å². The Morgan fingerprint density at radius 3 is 2.54 bits per heavy atom. The van der Waals surface area contributed by atoms with Crippen molar-refractivity contribution in [2.45, 2.75) is 19.0 Å². The Hall–Kier alpha value is -4.08. The van der Waals surface area contributed by atoms with E-state index < -0.39 is 17.8 Å². The fraction of sp³-hybridized carbons (Fsp3) is 0.240. The van der Waals surface area contributed by atoms with Gasteiger partial charge < -0.3 is 14.4 Å². The fourth-order valence-electron chi connectivity index (χ4n) is 4.35. The maximum absolute atomic E-state index is 14.0. The number of alkyl halides is 3. The van der Waals surface area contributed by atoms with E-state index in [1.807, 2.05) is 24.3 Å². The van der Waals surface area contributed by atoms with Crippen LogP contribution >= 0.6 is 0 Å². The summed E-state index contributed by atoms with van der Waals surface area (Å²) in [7, 11) is 2.90. The highest BCUT2D eigenvalue weighted by Gasteiger charge is 2.37. The summed E-state index contributed by atoms with van der Waals surface area (Å²) in [6.45, 7) is 0.453. The Morgan fingerprint density at radius 2 is 1.80 bits per heavy atom. The van der Waals surface area contributed by atoms with Crippen LogP contribution in [0.5, 0.6) is 11.5 Å². The molecule has 0 atom stereocenters. The van der Waals surface area contributed by atoms with Crippen LogP contribution in [0.1, 0.15) is 28.0 Å². The third-order valence-corrected chi connectivity index (χ3v) is 6.03. The van der Waals surface area contributed by atoms with Crippen LogP contribution in [0.2, 0.25) is 0 Å². The first-order chi connectivity index (χ1) is 16.8. The standard InChI is InChI=1S/C25H21F3N4O3/c1-34-20-10-9-16(12-21(20)35-2)18-13-22(25(26,27)28)32-23(30-18)17(14-29-32)24(33)31-11-5-7-15-6-3-4-8-19(15)31/h3-4,6,8-10,12-14H,5,7,11H2,1-2H3. The lowest BCUT2D eigenvalue weighted by Gasteiger charge is -2.29. The van der Waals surface area contributed by atoms with Crippen molar-refractivity contribution in [3.05, 3.63) is 71.5 Å². The van der Waals surface area contributed by atoms with Gasteiger partial charge >= 0.3 is 6.18 Å². The lowest BCUT2D eigenvalue weighted by Crippen LogP contribution is -2.35. The number of aromatic nitrogens is 3. The summed E-state index contributed by atoms with van der Waals surface area (Å²) in [4.78, 5) is 19.6. The zero-order chi connectivity index (χ0) is 24.7. The van der Waals surface area contributed by atoms with Crippen molar-refractivity contribution in [2.75, 3.05) is 25.7 Å². The zero-order valence-electron chi connectivity index (χ0n) is 19.0. The summed E-state index contributed by atoms with van der Waals surface area (Å²) in [6.07, 6.45) is -2.00. The SMILES string of the molecule is COc1ccc(-c2cc(C(F)(F)F)n3ncc(C(=O)N4CCCc5ccccc54)c3n2)cc1OC. The molecule has 0 fully saturated rings. The van der Waals surface area contributed by atoms with E-state index in [1.54, 1.807) is 17.0 Å². The molecule has 4 aromatic rings. The van der Waals surface area contributed by atoms with E-state index in [9.17, 15) is 18.0 Å². The van der Waals surface area contributed by atoms with Crippen molar-refractivity contribution < 1.29 is 27.4 Å². The van der Waals surface area contributed by atoms with E-state index in [1.165, 1.54) is 20.3 Å². The molecule has 0 spiro atoms. The second-order valence-corrected chi connectivity index (χ2v) is 8.08. The van der Waals surface area contributed by atoms with E-state index in [0.717, 1.165) is 36.4 Å². The van der Waals surface area contributed by atoms with Crippen LogP contribution in [0, 0.1) is 0 Å². The molecule has 0 radical (unpaired) electrons. The Balaban J connectivity index is 1.67. The molecule has 0 unspecified atom stereocenters. The van der Waals surface area contributed by atoms with E-state index in [0.29, 0.717) is 28.1 Å². The second-order valence-electron chi connectivity index (χ2n) is 8.08. The average Bonchev–Trinajstić information content (AvgIpc) is 3.30. The molecule has 0 bridgehead atoms. The Bertz CT molecular complexity index is 1430. The highest BCUT2D eigenvalue weighted by atomic mass is 19.4. The number of fused-ring (bicyclic) bond motifs is 2. The van der Waals surface area contributed by atoms with Crippen LogP contribution in [-0.2, 0) is 12.6 Å². The lowest BCUT2D eigenvalue weighted by atomic mass is 10.0. The number of halogens is 3. The third kappa shape index (κ3) is 3.94. The summed E-state index contributed by atoms with van der Waals surface area (Å²) in [6, 6.07) is 13.1. The number of para-hydroxylation sites is 1. The molecule has 2 aromatic carbocycles. The Morgan fingerprint density at radius 1 is 1.03 bits per heavy atom. The molecule has 0 aliphatic carbocycles. The number of hydrogen-bond donors (Lipinski definition) is 0. The minimum absolute atomic E-state index is 0.00507. The quantitative estimate of drug-likeness (QED) is 0.408. The predicted molar refractivity (Wildman–Crippen MR) is 123 cm³/mol. The van der Waals surface area contributed by atoms with E-state index in [4.69, 9.17) is 9.47 Å². The van der Waals surface area contributed by atoms with E-state index in [2.05, 4.69) is 10.1 Å². The number of benzene rings is 2. The van der Waals surface area contributed by atoms with Crippen molar-refractivity contribution in [2.24, 2.45) is 0 Å². The Kier molecular flexibility index (Phi) is 5.58. The van der Waals surface area contributed by atoms with Crippen LogP contribution in [0.25, 0.3) is 16.9 Å². The molecule has 0 saturated heterocycles. The van der Waals surface area contributed by atoms with Gasteiger partial charge in [0.1, 0.15) is 5.56 Å². The molecular formula is C25H21F3N4O3. The number of amides is 1. The van der Waals surface area contributed by atoms with Gasteiger partial charge in [0.05, 0.1) is 26.1 Å². The number of aryl methyl sites for hydroxylation is 1. The lowest BCUT2D eigenvalue weighted by molar-refractivity contribution is -0.142. The zero-order valence-corrected chi connectivity index (χ0v) is 19.0. The largest absolute Gasteiger partial charge is 0.493 e. The number of anilines is 1. The van der Waals surface area contributed by atoms with Gasteiger partial charge in [-0.1, -0.05) is 18.2 Å².